The lowest BCUT2D eigenvalue weighted by molar-refractivity contribution is 0.0698. The first kappa shape index (κ1) is 13.1. The summed E-state index contributed by atoms with van der Waals surface area (Å²) in [5, 5.41) is 17.5. The van der Waals surface area contributed by atoms with Crippen LogP contribution in [0.15, 0.2) is 18.2 Å². The van der Waals surface area contributed by atoms with Crippen LogP contribution in [-0.2, 0) is 6.54 Å². The molecule has 0 spiro atoms. The molecule has 0 amide bonds. The molecule has 1 N–H and O–H groups in total. The van der Waals surface area contributed by atoms with E-state index in [1.54, 1.807) is 22.9 Å². The van der Waals surface area contributed by atoms with E-state index in [4.69, 9.17) is 0 Å². The number of aromatic carboxylic acids is 1. The first-order chi connectivity index (χ1) is 9.66. The summed E-state index contributed by atoms with van der Waals surface area (Å²) < 4.78 is 1.74. The van der Waals surface area contributed by atoms with Crippen molar-refractivity contribution in [3.05, 3.63) is 23.8 Å². The van der Waals surface area contributed by atoms with Crippen LogP contribution in [0.2, 0.25) is 0 Å². The summed E-state index contributed by atoms with van der Waals surface area (Å²) in [6.45, 7) is 1.78. The number of benzene rings is 1. The molecule has 1 saturated heterocycles. The number of carbonyl (C=O) groups is 1. The zero-order chi connectivity index (χ0) is 14.1. The normalized spacial score (nSPS) is 20.4. The van der Waals surface area contributed by atoms with E-state index in [2.05, 4.69) is 22.3 Å². The van der Waals surface area contributed by atoms with Crippen molar-refractivity contribution in [1.82, 2.24) is 19.9 Å². The number of carboxylic acid groups (broad SMARTS) is 1. The Hall–Kier alpha value is -1.95. The second-order valence-electron chi connectivity index (χ2n) is 5.38. The number of carboxylic acids is 1. The number of fused-ring (bicyclic) bond motifs is 1. The minimum absolute atomic E-state index is 0.269. The Morgan fingerprint density at radius 3 is 3.05 bits per heavy atom. The van der Waals surface area contributed by atoms with Crippen LogP contribution in [0, 0.1) is 0 Å². The zero-order valence-corrected chi connectivity index (χ0v) is 11.5. The third kappa shape index (κ3) is 2.27. The van der Waals surface area contributed by atoms with Crippen LogP contribution in [0.1, 0.15) is 29.6 Å². The number of para-hydroxylation sites is 1. The Morgan fingerprint density at radius 1 is 1.45 bits per heavy atom. The molecule has 20 heavy (non-hydrogen) atoms. The fourth-order valence-electron chi connectivity index (χ4n) is 2.90. The summed E-state index contributed by atoms with van der Waals surface area (Å²) in [5.74, 6) is -0.934. The van der Waals surface area contributed by atoms with Crippen LogP contribution in [0.5, 0.6) is 0 Å². The Balaban J connectivity index is 1.97. The van der Waals surface area contributed by atoms with Crippen molar-refractivity contribution in [2.45, 2.75) is 31.8 Å². The number of aromatic nitrogens is 3. The molecule has 1 aromatic carbocycles. The number of nitrogens with zero attached hydrogens (tertiary/aromatic N) is 4. The average molecular weight is 274 g/mol. The minimum Gasteiger partial charge on any atom is -0.478 e. The second kappa shape index (κ2) is 5.20. The fraction of sp³-hybridized carbons (Fsp3) is 0.500. The number of hydrogen-bond donors (Lipinski definition) is 1. The van der Waals surface area contributed by atoms with Crippen molar-refractivity contribution < 1.29 is 9.90 Å². The van der Waals surface area contributed by atoms with Gasteiger partial charge in [-0.3, -0.25) is 0 Å². The van der Waals surface area contributed by atoms with Gasteiger partial charge in [-0.15, -0.1) is 5.10 Å². The molecule has 1 fully saturated rings. The Morgan fingerprint density at radius 2 is 2.30 bits per heavy atom. The van der Waals surface area contributed by atoms with Crippen molar-refractivity contribution in [3.8, 4) is 0 Å². The number of hydrogen-bond acceptors (Lipinski definition) is 4. The molecule has 2 aromatic rings. The second-order valence-corrected chi connectivity index (χ2v) is 5.38. The van der Waals surface area contributed by atoms with Gasteiger partial charge in [0.05, 0.1) is 12.1 Å². The predicted octanol–water partition coefficient (Wildman–Crippen LogP) is 1.61. The Labute approximate surface area is 117 Å². The van der Waals surface area contributed by atoms with Crippen molar-refractivity contribution in [1.29, 1.82) is 0 Å². The zero-order valence-electron chi connectivity index (χ0n) is 11.5. The van der Waals surface area contributed by atoms with E-state index in [0.717, 1.165) is 13.0 Å². The number of rotatable bonds is 3. The van der Waals surface area contributed by atoms with Crippen LogP contribution in [-0.4, -0.2) is 50.6 Å². The molecule has 1 aliphatic heterocycles. The van der Waals surface area contributed by atoms with Gasteiger partial charge in [0.1, 0.15) is 11.0 Å². The van der Waals surface area contributed by atoms with Crippen molar-refractivity contribution in [2.24, 2.45) is 0 Å². The minimum atomic E-state index is -0.934. The SMILES string of the molecule is CN1CCCCC1Cn1nnc2cccc(C(=O)O)c21. The molecular formula is C14H18N4O2. The Bertz CT molecular complexity index is 637. The molecule has 1 aromatic heterocycles. The van der Waals surface area contributed by atoms with Crippen LogP contribution < -0.4 is 0 Å². The van der Waals surface area contributed by atoms with Gasteiger partial charge < -0.3 is 10.0 Å². The first-order valence-corrected chi connectivity index (χ1v) is 6.92. The van der Waals surface area contributed by atoms with E-state index in [1.807, 2.05) is 0 Å². The molecule has 6 heteroatoms. The van der Waals surface area contributed by atoms with E-state index >= 15 is 0 Å². The average Bonchev–Trinajstić information content (AvgIpc) is 2.84. The van der Waals surface area contributed by atoms with Crippen LogP contribution in [0.4, 0.5) is 0 Å². The number of piperidine rings is 1. The van der Waals surface area contributed by atoms with Gasteiger partial charge in [0.25, 0.3) is 0 Å². The summed E-state index contributed by atoms with van der Waals surface area (Å²) in [5.41, 5.74) is 1.54. The van der Waals surface area contributed by atoms with E-state index in [-0.39, 0.29) is 5.56 Å². The molecule has 6 nitrogen and oxygen atoms in total. The molecular weight excluding hydrogens is 256 g/mol. The lowest BCUT2D eigenvalue weighted by atomic mass is 10.0. The van der Waals surface area contributed by atoms with Gasteiger partial charge in [0.2, 0.25) is 0 Å². The molecule has 0 aliphatic carbocycles. The van der Waals surface area contributed by atoms with Gasteiger partial charge in [0, 0.05) is 6.04 Å². The smallest absolute Gasteiger partial charge is 0.337 e. The number of likely N-dealkylation sites (tertiary alicyclic amines) is 1. The van der Waals surface area contributed by atoms with Gasteiger partial charge in [0.15, 0.2) is 0 Å². The third-order valence-corrected chi connectivity index (χ3v) is 4.07. The molecule has 0 bridgehead atoms. The summed E-state index contributed by atoms with van der Waals surface area (Å²) in [4.78, 5) is 13.7. The highest BCUT2D eigenvalue weighted by Crippen LogP contribution is 2.21. The lowest BCUT2D eigenvalue weighted by Crippen LogP contribution is -2.39. The van der Waals surface area contributed by atoms with Gasteiger partial charge >= 0.3 is 5.97 Å². The summed E-state index contributed by atoms with van der Waals surface area (Å²) in [6, 6.07) is 5.51. The molecule has 0 radical (unpaired) electrons. The standard InChI is InChI=1S/C14H18N4O2/c1-17-8-3-2-5-10(17)9-18-13-11(14(19)20)6-4-7-12(13)15-16-18/h4,6-7,10H,2-3,5,8-9H2,1H3,(H,19,20). The van der Waals surface area contributed by atoms with Crippen LogP contribution in [0.25, 0.3) is 11.0 Å². The summed E-state index contributed by atoms with van der Waals surface area (Å²) in [6.07, 6.45) is 3.56. The van der Waals surface area contributed by atoms with Gasteiger partial charge in [-0.1, -0.05) is 17.7 Å². The van der Waals surface area contributed by atoms with Crippen LogP contribution in [0.3, 0.4) is 0 Å². The van der Waals surface area contributed by atoms with E-state index in [1.165, 1.54) is 12.8 Å². The molecule has 1 atom stereocenters. The maximum atomic E-state index is 11.3. The largest absolute Gasteiger partial charge is 0.478 e. The monoisotopic (exact) mass is 274 g/mol. The highest BCUT2D eigenvalue weighted by molar-refractivity contribution is 6.00. The van der Waals surface area contributed by atoms with Crippen molar-refractivity contribution in [3.63, 3.8) is 0 Å². The first-order valence-electron chi connectivity index (χ1n) is 6.92. The van der Waals surface area contributed by atoms with E-state index < -0.39 is 5.97 Å². The molecule has 2 heterocycles. The fourth-order valence-corrected chi connectivity index (χ4v) is 2.90. The maximum absolute atomic E-state index is 11.3. The summed E-state index contributed by atoms with van der Waals surface area (Å²) in [7, 11) is 2.11. The molecule has 1 unspecified atom stereocenters. The molecule has 1 aliphatic rings. The highest BCUT2D eigenvalue weighted by Gasteiger charge is 2.22. The topological polar surface area (TPSA) is 71.2 Å². The van der Waals surface area contributed by atoms with E-state index in [9.17, 15) is 9.90 Å². The quantitative estimate of drug-likeness (QED) is 0.920. The van der Waals surface area contributed by atoms with E-state index in [0.29, 0.717) is 23.6 Å². The molecule has 3 rings (SSSR count). The summed E-state index contributed by atoms with van der Waals surface area (Å²) >= 11 is 0. The van der Waals surface area contributed by atoms with Crippen molar-refractivity contribution >= 4 is 17.0 Å². The highest BCUT2D eigenvalue weighted by atomic mass is 16.4. The van der Waals surface area contributed by atoms with Crippen molar-refractivity contribution in [2.75, 3.05) is 13.6 Å². The molecule has 106 valence electrons. The Kier molecular flexibility index (Phi) is 3.40. The van der Waals surface area contributed by atoms with Crippen LogP contribution >= 0.6 is 0 Å². The third-order valence-electron chi connectivity index (χ3n) is 4.07. The maximum Gasteiger partial charge on any atom is 0.337 e. The molecule has 0 saturated carbocycles. The van der Waals surface area contributed by atoms with Gasteiger partial charge in [-0.25, -0.2) is 9.48 Å². The predicted molar refractivity (Wildman–Crippen MR) is 74.8 cm³/mol. The lowest BCUT2D eigenvalue weighted by Gasteiger charge is -2.32. The van der Waals surface area contributed by atoms with Gasteiger partial charge in [-0.05, 0) is 38.6 Å². The van der Waals surface area contributed by atoms with Gasteiger partial charge in [-0.2, -0.15) is 0 Å². The number of likely N-dealkylation sites (N-methyl/N-ethyl adjacent to an activating group) is 1.